The second-order valence-electron chi connectivity index (χ2n) is 4.93. The Bertz CT molecular complexity index is 563. The van der Waals surface area contributed by atoms with Crippen LogP contribution in [0, 0.1) is 0 Å². The summed E-state index contributed by atoms with van der Waals surface area (Å²) in [7, 11) is 0. The van der Waals surface area contributed by atoms with Crippen LogP contribution in [-0.2, 0) is 0 Å². The van der Waals surface area contributed by atoms with Crippen molar-refractivity contribution < 1.29 is 9.90 Å². The van der Waals surface area contributed by atoms with Gasteiger partial charge < -0.3 is 10.4 Å². The van der Waals surface area contributed by atoms with Gasteiger partial charge in [0.2, 0.25) is 0 Å². The van der Waals surface area contributed by atoms with E-state index in [-0.39, 0.29) is 23.6 Å². The van der Waals surface area contributed by atoms with E-state index >= 15 is 0 Å². The van der Waals surface area contributed by atoms with E-state index in [0.29, 0.717) is 5.56 Å². The van der Waals surface area contributed by atoms with Gasteiger partial charge in [-0.25, -0.2) is 0 Å². The molecule has 2 aromatic carbocycles. The molecule has 0 saturated carbocycles. The van der Waals surface area contributed by atoms with Crippen LogP contribution in [0.4, 0.5) is 0 Å². The first-order chi connectivity index (χ1) is 9.58. The Kier molecular flexibility index (Phi) is 4.53. The molecule has 0 aliphatic heterocycles. The van der Waals surface area contributed by atoms with Crippen LogP contribution in [0.15, 0.2) is 54.6 Å². The Hall–Kier alpha value is -2.13. The van der Waals surface area contributed by atoms with Gasteiger partial charge in [0.1, 0.15) is 5.75 Å². The van der Waals surface area contributed by atoms with Crippen molar-refractivity contribution in [3.63, 3.8) is 0 Å². The predicted octanol–water partition coefficient (Wildman–Crippen LogP) is 3.31. The van der Waals surface area contributed by atoms with Crippen molar-refractivity contribution in [2.45, 2.75) is 25.9 Å². The van der Waals surface area contributed by atoms with Crippen molar-refractivity contribution in [3.05, 3.63) is 65.7 Å². The monoisotopic (exact) mass is 269 g/mol. The van der Waals surface area contributed by atoms with Crippen molar-refractivity contribution in [2.24, 2.45) is 0 Å². The molecule has 2 N–H and O–H groups in total. The van der Waals surface area contributed by atoms with Crippen LogP contribution in [-0.4, -0.2) is 16.9 Å². The third kappa shape index (κ3) is 3.45. The van der Waals surface area contributed by atoms with Crippen LogP contribution in [0.3, 0.4) is 0 Å². The standard InChI is InChI=1S/C17H19NO2/c1-12(14-6-4-3-5-7-14)18-13(2)17(20)15-8-10-16(19)11-9-15/h3-13,18-19H,1-2H3/t12-,13-/m1/s1. The first-order valence-electron chi connectivity index (χ1n) is 6.72. The largest absolute Gasteiger partial charge is 0.508 e. The molecule has 2 aromatic rings. The molecule has 2 rings (SSSR count). The second kappa shape index (κ2) is 6.35. The van der Waals surface area contributed by atoms with Crippen molar-refractivity contribution in [1.29, 1.82) is 0 Å². The molecule has 2 atom stereocenters. The molecular weight excluding hydrogens is 250 g/mol. The molecule has 3 nitrogen and oxygen atoms in total. The van der Waals surface area contributed by atoms with E-state index < -0.39 is 0 Å². The SMILES string of the molecule is C[C@@H](N[C@H](C)c1ccccc1)C(=O)c1ccc(O)cc1. The van der Waals surface area contributed by atoms with Crippen molar-refractivity contribution in [2.75, 3.05) is 0 Å². The Morgan fingerprint density at radius 3 is 2.20 bits per heavy atom. The average Bonchev–Trinajstić information content (AvgIpc) is 2.48. The van der Waals surface area contributed by atoms with Gasteiger partial charge >= 0.3 is 0 Å². The van der Waals surface area contributed by atoms with Gasteiger partial charge in [-0.15, -0.1) is 0 Å². The summed E-state index contributed by atoms with van der Waals surface area (Å²) in [6, 6.07) is 16.2. The molecular formula is C17H19NO2. The van der Waals surface area contributed by atoms with Gasteiger partial charge in [0.05, 0.1) is 6.04 Å². The quantitative estimate of drug-likeness (QED) is 0.819. The maximum atomic E-state index is 12.3. The summed E-state index contributed by atoms with van der Waals surface area (Å²) in [5, 5.41) is 12.5. The van der Waals surface area contributed by atoms with Gasteiger partial charge in [-0.1, -0.05) is 30.3 Å². The van der Waals surface area contributed by atoms with Crippen LogP contribution in [0.2, 0.25) is 0 Å². The van der Waals surface area contributed by atoms with Crippen LogP contribution >= 0.6 is 0 Å². The number of nitrogens with one attached hydrogen (secondary N) is 1. The number of benzene rings is 2. The van der Waals surface area contributed by atoms with Gasteiger partial charge in [0.15, 0.2) is 5.78 Å². The summed E-state index contributed by atoms with van der Waals surface area (Å²) in [5.41, 5.74) is 1.75. The lowest BCUT2D eigenvalue weighted by Crippen LogP contribution is -2.35. The molecule has 0 aliphatic carbocycles. The highest BCUT2D eigenvalue weighted by Crippen LogP contribution is 2.15. The lowest BCUT2D eigenvalue weighted by atomic mass is 10.0. The number of Topliss-reactive ketones (excluding diaryl/α,β-unsaturated/α-hetero) is 1. The summed E-state index contributed by atoms with van der Waals surface area (Å²) in [6.07, 6.45) is 0. The highest BCUT2D eigenvalue weighted by atomic mass is 16.3. The number of carbonyl (C=O) groups excluding carboxylic acids is 1. The fourth-order valence-electron chi connectivity index (χ4n) is 2.16. The summed E-state index contributed by atoms with van der Waals surface area (Å²) in [6.45, 7) is 3.89. The van der Waals surface area contributed by atoms with Crippen molar-refractivity contribution in [1.82, 2.24) is 5.32 Å². The molecule has 20 heavy (non-hydrogen) atoms. The Morgan fingerprint density at radius 1 is 1.00 bits per heavy atom. The van der Waals surface area contributed by atoms with E-state index in [0.717, 1.165) is 5.56 Å². The molecule has 0 spiro atoms. The van der Waals surface area contributed by atoms with Crippen LogP contribution in [0.1, 0.15) is 35.8 Å². The number of rotatable bonds is 5. The molecule has 0 aliphatic rings. The van der Waals surface area contributed by atoms with E-state index in [1.165, 1.54) is 12.1 Å². The van der Waals surface area contributed by atoms with Gasteiger partial charge in [0.25, 0.3) is 0 Å². The zero-order chi connectivity index (χ0) is 14.5. The molecule has 0 aromatic heterocycles. The maximum Gasteiger partial charge on any atom is 0.179 e. The summed E-state index contributed by atoms with van der Waals surface area (Å²) < 4.78 is 0. The first-order valence-corrected chi connectivity index (χ1v) is 6.72. The van der Waals surface area contributed by atoms with E-state index in [2.05, 4.69) is 5.32 Å². The van der Waals surface area contributed by atoms with E-state index in [1.807, 2.05) is 44.2 Å². The lowest BCUT2D eigenvalue weighted by molar-refractivity contribution is 0.0945. The summed E-state index contributed by atoms with van der Waals surface area (Å²) >= 11 is 0. The number of phenols is 1. The van der Waals surface area contributed by atoms with Gasteiger partial charge in [-0.2, -0.15) is 0 Å². The minimum Gasteiger partial charge on any atom is -0.508 e. The van der Waals surface area contributed by atoms with Gasteiger partial charge in [-0.3, -0.25) is 4.79 Å². The maximum absolute atomic E-state index is 12.3. The number of phenolic OH excluding ortho intramolecular Hbond substituents is 1. The number of hydrogen-bond donors (Lipinski definition) is 2. The Morgan fingerprint density at radius 2 is 1.60 bits per heavy atom. The lowest BCUT2D eigenvalue weighted by Gasteiger charge is -2.19. The molecule has 0 unspecified atom stereocenters. The Balaban J connectivity index is 2.02. The van der Waals surface area contributed by atoms with Crippen molar-refractivity contribution >= 4 is 5.78 Å². The number of hydrogen-bond acceptors (Lipinski definition) is 3. The van der Waals surface area contributed by atoms with E-state index in [4.69, 9.17) is 0 Å². The normalized spacial score (nSPS) is 13.7. The average molecular weight is 269 g/mol. The van der Waals surface area contributed by atoms with Gasteiger partial charge in [0, 0.05) is 11.6 Å². The molecule has 0 bridgehead atoms. The molecule has 3 heteroatoms. The first kappa shape index (κ1) is 14.3. The molecule has 0 amide bonds. The highest BCUT2D eigenvalue weighted by Gasteiger charge is 2.17. The van der Waals surface area contributed by atoms with Crippen LogP contribution in [0.25, 0.3) is 0 Å². The molecule has 0 radical (unpaired) electrons. The predicted molar refractivity (Wildman–Crippen MR) is 79.9 cm³/mol. The third-order valence-electron chi connectivity index (χ3n) is 3.34. The minimum absolute atomic E-state index is 0.0211. The second-order valence-corrected chi connectivity index (χ2v) is 4.93. The molecule has 0 fully saturated rings. The van der Waals surface area contributed by atoms with Crippen molar-refractivity contribution in [3.8, 4) is 5.75 Å². The zero-order valence-electron chi connectivity index (χ0n) is 11.7. The summed E-state index contributed by atoms with van der Waals surface area (Å²) in [4.78, 5) is 12.3. The fourth-order valence-corrected chi connectivity index (χ4v) is 2.16. The third-order valence-corrected chi connectivity index (χ3v) is 3.34. The molecule has 0 heterocycles. The van der Waals surface area contributed by atoms with Crippen LogP contribution < -0.4 is 5.32 Å². The summed E-state index contributed by atoms with van der Waals surface area (Å²) in [5.74, 6) is 0.188. The number of aromatic hydroxyl groups is 1. The number of ketones is 1. The Labute approximate surface area is 119 Å². The fraction of sp³-hybridized carbons (Fsp3) is 0.235. The van der Waals surface area contributed by atoms with E-state index in [9.17, 15) is 9.90 Å². The van der Waals surface area contributed by atoms with Crippen LogP contribution in [0.5, 0.6) is 5.75 Å². The molecule has 104 valence electrons. The van der Waals surface area contributed by atoms with Gasteiger partial charge in [-0.05, 0) is 43.7 Å². The zero-order valence-corrected chi connectivity index (χ0v) is 11.7. The molecule has 0 saturated heterocycles. The van der Waals surface area contributed by atoms with E-state index in [1.54, 1.807) is 12.1 Å². The topological polar surface area (TPSA) is 49.3 Å². The smallest absolute Gasteiger partial charge is 0.179 e. The minimum atomic E-state index is -0.283. The number of carbonyl (C=O) groups is 1. The highest BCUT2D eigenvalue weighted by molar-refractivity contribution is 5.99.